The molecule has 0 amide bonds. The zero-order valence-electron chi connectivity index (χ0n) is 46.0. The van der Waals surface area contributed by atoms with Crippen molar-refractivity contribution in [2.75, 3.05) is 46.9 Å². The molecule has 0 heterocycles. The predicted molar refractivity (Wildman–Crippen MR) is 324 cm³/mol. The molecule has 7 heteroatoms. The first-order valence-corrected chi connectivity index (χ1v) is 28.0. The average Bonchev–Trinajstić information content (AvgIpc) is 3.53. The van der Waals surface area contributed by atoms with Crippen LogP contribution in [0.3, 0.4) is 0 Å². The summed E-state index contributed by atoms with van der Waals surface area (Å²) >= 11 is 0. The Morgan fingerprint density at radius 2 is 0.696 bits per heavy atom. The zero-order chi connectivity index (χ0) is 54.9. The van der Waals surface area contributed by atoms with Crippen LogP contribution in [0.2, 0.25) is 0 Å². The Labute approximate surface area is 468 Å². The number of unbranched alkanes of at least 4 members (excludes halogenated alkanes) is 1. The van der Waals surface area contributed by atoms with E-state index < -0.39 is 0 Å². The van der Waals surface area contributed by atoms with Crippen LogP contribution in [0.5, 0.6) is 11.5 Å². The topological polar surface area (TPSA) is 97.6 Å². The van der Waals surface area contributed by atoms with Gasteiger partial charge < -0.3 is 34.3 Å². The van der Waals surface area contributed by atoms with E-state index in [1.807, 2.05) is 30.3 Å². The first-order valence-electron chi connectivity index (χ1n) is 28.0. The molecule has 7 nitrogen and oxygen atoms in total. The molecule has 9 rings (SSSR count). The van der Waals surface area contributed by atoms with Crippen molar-refractivity contribution in [3.63, 3.8) is 0 Å². The van der Waals surface area contributed by atoms with E-state index in [1.54, 1.807) is 19.2 Å². The minimum atomic E-state index is 0.207. The van der Waals surface area contributed by atoms with E-state index in [0.29, 0.717) is 33.2 Å². The highest BCUT2D eigenvalue weighted by atomic mass is 16.7. The van der Waals surface area contributed by atoms with Crippen molar-refractivity contribution in [1.29, 1.82) is 0 Å². The molecule has 0 saturated heterocycles. The van der Waals surface area contributed by atoms with Crippen LogP contribution in [0.4, 0.5) is 0 Å². The van der Waals surface area contributed by atoms with Crippen LogP contribution < -0.4 is 4.74 Å². The van der Waals surface area contributed by atoms with Crippen LogP contribution in [-0.2, 0) is 46.5 Å². The van der Waals surface area contributed by atoms with Crippen LogP contribution in [0.25, 0.3) is 66.8 Å². The highest BCUT2D eigenvalue weighted by molar-refractivity contribution is 5.83. The molecule has 406 valence electrons. The Morgan fingerprint density at radius 3 is 1.08 bits per heavy atom. The number of phenols is 1. The fourth-order valence-electron chi connectivity index (χ4n) is 9.49. The molecular weight excluding hydrogens is 977 g/mol. The third-order valence-electron chi connectivity index (χ3n) is 14.1. The van der Waals surface area contributed by atoms with Gasteiger partial charge in [-0.2, -0.15) is 0 Å². The van der Waals surface area contributed by atoms with E-state index in [4.69, 9.17) is 29.2 Å². The Bertz CT molecular complexity index is 3100. The van der Waals surface area contributed by atoms with Crippen molar-refractivity contribution in [2.45, 2.75) is 71.3 Å². The van der Waals surface area contributed by atoms with Gasteiger partial charge in [-0.05, 0) is 207 Å². The fourth-order valence-corrected chi connectivity index (χ4v) is 9.49. The predicted octanol–water partition coefficient (Wildman–Crippen LogP) is 16.4. The third-order valence-corrected chi connectivity index (χ3v) is 14.1. The molecular formula is C72H76O7. The van der Waals surface area contributed by atoms with Gasteiger partial charge in [0, 0.05) is 26.9 Å². The Balaban J connectivity index is 0.000000220. The van der Waals surface area contributed by atoms with Gasteiger partial charge in [0.25, 0.3) is 0 Å². The number of methoxy groups -OCH3 is 1. The van der Waals surface area contributed by atoms with E-state index in [1.165, 1.54) is 62.9 Å². The lowest BCUT2D eigenvalue weighted by molar-refractivity contribution is -0.0660. The number of aliphatic hydroxyl groups is 2. The summed E-state index contributed by atoms with van der Waals surface area (Å²) in [7, 11) is 1.67. The van der Waals surface area contributed by atoms with E-state index in [-0.39, 0.29) is 19.0 Å². The molecule has 0 aromatic heterocycles. The van der Waals surface area contributed by atoms with Crippen molar-refractivity contribution in [2.24, 2.45) is 0 Å². The molecule has 0 atom stereocenters. The molecule has 0 radical (unpaired) electrons. The second kappa shape index (κ2) is 31.1. The standard InChI is InChI=1S/C42H46O4.C30H30O3/c1-3-4-9-33-13-17-36(18-14-33)39-28-40(37-19-15-34(16-20-37)12-8-25-44-32-45-27-26-43-2)30-41(29-39)38-21-23-42(24-22-38)46-31-35-10-6-5-7-11-35;31-17-1-3-22-5-9-24(10-6-22)27-19-28(25-11-7-23(8-12-25)4-2-18-32)21-29(20-27)26-13-15-30(33)16-14-26/h5-7,10-11,13-24,28-30H,3-4,8-9,12,25-27,31-32H2,1-2H3;5-16,19-21,31-33H,1-4,17-18H2. The molecule has 0 spiro atoms. The molecule has 0 saturated carbocycles. The summed E-state index contributed by atoms with van der Waals surface area (Å²) in [6.07, 6.45) is 8.76. The van der Waals surface area contributed by atoms with Crippen LogP contribution in [0.15, 0.2) is 212 Å². The number of phenolic OH excluding ortho intramolecular Hbond substituents is 1. The highest BCUT2D eigenvalue weighted by Gasteiger charge is 2.12. The van der Waals surface area contributed by atoms with Crippen molar-refractivity contribution in [3.8, 4) is 78.3 Å². The summed E-state index contributed by atoms with van der Waals surface area (Å²) in [6.45, 7) is 5.34. The lowest BCUT2D eigenvalue weighted by Gasteiger charge is -2.13. The van der Waals surface area contributed by atoms with Gasteiger partial charge in [0.15, 0.2) is 0 Å². The second-order valence-corrected chi connectivity index (χ2v) is 20.0. The van der Waals surface area contributed by atoms with E-state index >= 15 is 0 Å². The number of rotatable bonds is 27. The molecule has 79 heavy (non-hydrogen) atoms. The van der Waals surface area contributed by atoms with Crippen molar-refractivity contribution < 1.29 is 34.3 Å². The number of benzene rings is 9. The van der Waals surface area contributed by atoms with Crippen LogP contribution >= 0.6 is 0 Å². The number of hydrogen-bond acceptors (Lipinski definition) is 7. The summed E-state index contributed by atoms with van der Waals surface area (Å²) in [5.74, 6) is 1.12. The van der Waals surface area contributed by atoms with Gasteiger partial charge in [-0.15, -0.1) is 0 Å². The maximum atomic E-state index is 9.71. The maximum absolute atomic E-state index is 9.71. The first-order chi connectivity index (χ1) is 38.9. The summed E-state index contributed by atoms with van der Waals surface area (Å²) in [5, 5.41) is 27.9. The largest absolute Gasteiger partial charge is 0.508 e. The average molecular weight is 1050 g/mol. The van der Waals surface area contributed by atoms with Crippen LogP contribution in [0, 0.1) is 0 Å². The quantitative estimate of drug-likeness (QED) is 0.0349. The smallest absolute Gasteiger partial charge is 0.146 e. The van der Waals surface area contributed by atoms with Gasteiger partial charge in [-0.1, -0.05) is 165 Å². The van der Waals surface area contributed by atoms with Gasteiger partial charge in [-0.3, -0.25) is 0 Å². The van der Waals surface area contributed by atoms with Gasteiger partial charge in [0.1, 0.15) is 24.9 Å². The molecule has 0 unspecified atom stereocenters. The molecule has 0 fully saturated rings. The lowest BCUT2D eigenvalue weighted by atomic mass is 9.92. The summed E-state index contributed by atoms with van der Waals surface area (Å²) in [4.78, 5) is 0. The van der Waals surface area contributed by atoms with Crippen molar-refractivity contribution in [3.05, 3.63) is 240 Å². The number of ether oxygens (including phenoxy) is 4. The Kier molecular flexibility index (Phi) is 22.7. The maximum Gasteiger partial charge on any atom is 0.146 e. The first kappa shape index (κ1) is 57.6. The monoisotopic (exact) mass is 1050 g/mol. The van der Waals surface area contributed by atoms with E-state index in [2.05, 4.69) is 177 Å². The SMILES string of the molecule is CCCCc1ccc(-c2cc(-c3ccc(CCCOCOCCOC)cc3)cc(-c3ccc(OCc4ccccc4)cc3)c2)cc1.OCCCc1ccc(-c2cc(-c3ccc(O)cc3)cc(-c3ccc(CCCO)cc3)c2)cc1. The highest BCUT2D eigenvalue weighted by Crippen LogP contribution is 2.36. The minimum absolute atomic E-state index is 0.207. The molecule has 0 aliphatic carbocycles. The Hall–Kier alpha value is -7.62. The molecule has 0 bridgehead atoms. The van der Waals surface area contributed by atoms with Crippen LogP contribution in [-0.4, -0.2) is 62.3 Å². The molecule has 9 aromatic rings. The van der Waals surface area contributed by atoms with Crippen LogP contribution in [0.1, 0.15) is 66.8 Å². The van der Waals surface area contributed by atoms with Crippen molar-refractivity contribution >= 4 is 0 Å². The fraction of sp³-hybridized carbons (Fsp3) is 0.250. The van der Waals surface area contributed by atoms with Gasteiger partial charge in [-0.25, -0.2) is 0 Å². The summed E-state index contributed by atoms with van der Waals surface area (Å²) < 4.78 is 22.0. The molecule has 0 aliphatic heterocycles. The Morgan fingerprint density at radius 1 is 0.342 bits per heavy atom. The number of aromatic hydroxyl groups is 1. The van der Waals surface area contributed by atoms with Crippen molar-refractivity contribution in [1.82, 2.24) is 0 Å². The van der Waals surface area contributed by atoms with E-state index in [9.17, 15) is 5.11 Å². The van der Waals surface area contributed by atoms with E-state index in [0.717, 1.165) is 95.2 Å². The molecule has 3 N–H and O–H groups in total. The molecule has 9 aromatic carbocycles. The molecule has 0 aliphatic rings. The van der Waals surface area contributed by atoms with Gasteiger partial charge in [0.2, 0.25) is 0 Å². The lowest BCUT2D eigenvalue weighted by Crippen LogP contribution is -2.06. The van der Waals surface area contributed by atoms with Gasteiger partial charge >= 0.3 is 0 Å². The summed E-state index contributed by atoms with van der Waals surface area (Å²) in [6, 6.07) is 74.7. The number of aryl methyl sites for hydroxylation is 4. The normalized spacial score (nSPS) is 11.0. The summed E-state index contributed by atoms with van der Waals surface area (Å²) in [5.41, 5.74) is 20.2. The second-order valence-electron chi connectivity index (χ2n) is 20.0. The number of aliphatic hydroxyl groups excluding tert-OH is 2. The third kappa shape index (κ3) is 18.0. The minimum Gasteiger partial charge on any atom is -0.508 e. The van der Waals surface area contributed by atoms with Gasteiger partial charge in [0.05, 0.1) is 13.2 Å². The number of hydrogen-bond donors (Lipinski definition) is 3. The zero-order valence-corrected chi connectivity index (χ0v) is 46.0.